The van der Waals surface area contributed by atoms with E-state index < -0.39 is 0 Å². The summed E-state index contributed by atoms with van der Waals surface area (Å²) in [6, 6.07) is 6.01. The summed E-state index contributed by atoms with van der Waals surface area (Å²) >= 11 is 0. The van der Waals surface area contributed by atoms with Crippen molar-refractivity contribution in [3.63, 3.8) is 0 Å². The second-order valence-corrected chi connectivity index (χ2v) is 6.12. The fraction of sp³-hybridized carbons (Fsp3) is 0.500. The third kappa shape index (κ3) is 2.35. The highest BCUT2D eigenvalue weighted by atomic mass is 19.1. The number of carbonyl (C=O) groups excluding carboxylic acids is 1. The predicted molar refractivity (Wildman–Crippen MR) is 75.7 cm³/mol. The molecular formula is C16H19FN2O. The third-order valence-corrected chi connectivity index (χ3v) is 4.87. The molecule has 0 aliphatic heterocycles. The largest absolute Gasteiger partial charge is 0.273 e. The minimum Gasteiger partial charge on any atom is -0.273 e. The van der Waals surface area contributed by atoms with Crippen molar-refractivity contribution in [1.82, 2.24) is 5.43 Å². The van der Waals surface area contributed by atoms with Gasteiger partial charge >= 0.3 is 0 Å². The Morgan fingerprint density at radius 1 is 1.40 bits per heavy atom. The number of carbonyl (C=O) groups is 1. The summed E-state index contributed by atoms with van der Waals surface area (Å²) < 4.78 is 12.7. The molecule has 3 rings (SSSR count). The van der Waals surface area contributed by atoms with E-state index in [1.54, 1.807) is 18.3 Å². The zero-order chi connectivity index (χ0) is 14.2. The number of hydrogen-bond acceptors (Lipinski definition) is 2. The Kier molecular flexibility index (Phi) is 3.32. The zero-order valence-corrected chi connectivity index (χ0v) is 11.6. The molecule has 2 aliphatic carbocycles. The van der Waals surface area contributed by atoms with E-state index in [0.717, 1.165) is 18.4 Å². The summed E-state index contributed by atoms with van der Waals surface area (Å²) in [6.45, 7) is 2.21. The van der Waals surface area contributed by atoms with E-state index in [1.807, 2.05) is 0 Å². The first-order valence-corrected chi connectivity index (χ1v) is 7.20. The maximum Gasteiger partial charge on any atom is 0.244 e. The van der Waals surface area contributed by atoms with Crippen molar-refractivity contribution >= 4 is 12.1 Å². The number of hydrazone groups is 1. The first-order chi connectivity index (χ1) is 9.61. The normalized spacial score (nSPS) is 31.9. The molecule has 20 heavy (non-hydrogen) atoms. The summed E-state index contributed by atoms with van der Waals surface area (Å²) in [6.07, 6.45) is 6.33. The minimum atomic E-state index is -0.277. The summed E-state index contributed by atoms with van der Waals surface area (Å²) in [5, 5.41) is 3.97. The molecule has 1 N–H and O–H groups in total. The number of fused-ring (bicyclic) bond motifs is 1. The van der Waals surface area contributed by atoms with Crippen LogP contribution in [0.1, 0.15) is 38.2 Å². The lowest BCUT2D eigenvalue weighted by atomic mass is 9.90. The summed E-state index contributed by atoms with van der Waals surface area (Å²) in [5.74, 6) is 0.409. The lowest BCUT2D eigenvalue weighted by Gasteiger charge is -2.15. The molecule has 2 saturated carbocycles. The van der Waals surface area contributed by atoms with Gasteiger partial charge in [0.25, 0.3) is 0 Å². The van der Waals surface area contributed by atoms with Crippen LogP contribution in [0.5, 0.6) is 0 Å². The van der Waals surface area contributed by atoms with E-state index >= 15 is 0 Å². The van der Waals surface area contributed by atoms with Crippen LogP contribution in [0, 0.1) is 23.1 Å². The molecule has 0 spiro atoms. The highest BCUT2D eigenvalue weighted by Crippen LogP contribution is 2.66. The fourth-order valence-electron chi connectivity index (χ4n) is 3.64. The van der Waals surface area contributed by atoms with E-state index in [0.29, 0.717) is 5.92 Å². The van der Waals surface area contributed by atoms with Crippen LogP contribution < -0.4 is 5.43 Å². The van der Waals surface area contributed by atoms with E-state index in [-0.39, 0.29) is 23.1 Å². The second-order valence-electron chi connectivity index (χ2n) is 6.12. The number of halogens is 1. The molecule has 0 saturated heterocycles. The van der Waals surface area contributed by atoms with E-state index in [9.17, 15) is 9.18 Å². The molecular weight excluding hydrogens is 255 g/mol. The molecule has 3 atom stereocenters. The lowest BCUT2D eigenvalue weighted by Crippen LogP contribution is -2.22. The molecule has 106 valence electrons. The van der Waals surface area contributed by atoms with Gasteiger partial charge < -0.3 is 0 Å². The Balaban J connectivity index is 1.56. The molecule has 3 nitrogen and oxygen atoms in total. The minimum absolute atomic E-state index is 0.0257. The molecule has 0 unspecified atom stereocenters. The Hall–Kier alpha value is -1.71. The van der Waals surface area contributed by atoms with Crippen molar-refractivity contribution in [2.75, 3.05) is 0 Å². The van der Waals surface area contributed by atoms with Crippen molar-refractivity contribution in [2.24, 2.45) is 22.4 Å². The van der Waals surface area contributed by atoms with Gasteiger partial charge in [0.1, 0.15) is 5.82 Å². The first kappa shape index (κ1) is 13.3. The maximum atomic E-state index is 12.7. The number of benzene rings is 1. The highest BCUT2D eigenvalue weighted by molar-refractivity contribution is 5.85. The van der Waals surface area contributed by atoms with Crippen molar-refractivity contribution < 1.29 is 9.18 Å². The van der Waals surface area contributed by atoms with Gasteiger partial charge in [-0.3, -0.25) is 4.79 Å². The molecule has 0 radical (unpaired) electrons. The van der Waals surface area contributed by atoms with Crippen molar-refractivity contribution in [1.29, 1.82) is 0 Å². The van der Waals surface area contributed by atoms with Crippen LogP contribution in [0.4, 0.5) is 4.39 Å². The number of amides is 1. The van der Waals surface area contributed by atoms with Crippen LogP contribution in [-0.2, 0) is 4.79 Å². The molecule has 0 aromatic heterocycles. The Morgan fingerprint density at radius 3 is 2.80 bits per heavy atom. The molecule has 1 aromatic carbocycles. The first-order valence-electron chi connectivity index (χ1n) is 7.20. The molecule has 0 heterocycles. The second kappa shape index (κ2) is 5.00. The topological polar surface area (TPSA) is 41.5 Å². The molecule has 2 fully saturated rings. The Morgan fingerprint density at radius 2 is 2.15 bits per heavy atom. The van der Waals surface area contributed by atoms with Gasteiger partial charge in [0.05, 0.1) is 6.21 Å². The fourth-order valence-corrected chi connectivity index (χ4v) is 3.64. The van der Waals surface area contributed by atoms with E-state index in [4.69, 9.17) is 0 Å². The lowest BCUT2D eigenvalue weighted by molar-refractivity contribution is -0.123. The average molecular weight is 274 g/mol. The molecule has 0 bridgehead atoms. The van der Waals surface area contributed by atoms with Gasteiger partial charge in [-0.1, -0.05) is 31.9 Å². The Bertz CT molecular complexity index is 540. The van der Waals surface area contributed by atoms with Crippen LogP contribution in [0.15, 0.2) is 29.4 Å². The number of hydrogen-bond donors (Lipinski definition) is 1. The van der Waals surface area contributed by atoms with E-state index in [2.05, 4.69) is 17.5 Å². The van der Waals surface area contributed by atoms with Gasteiger partial charge in [-0.05, 0) is 41.9 Å². The van der Waals surface area contributed by atoms with Crippen LogP contribution in [0.3, 0.4) is 0 Å². The summed E-state index contributed by atoms with van der Waals surface area (Å²) in [5.41, 5.74) is 3.60. The number of nitrogens with one attached hydrogen (secondary N) is 1. The van der Waals surface area contributed by atoms with Crippen LogP contribution in [0.2, 0.25) is 0 Å². The smallest absolute Gasteiger partial charge is 0.244 e. The maximum absolute atomic E-state index is 12.7. The summed E-state index contributed by atoms with van der Waals surface area (Å²) in [7, 11) is 0. The summed E-state index contributed by atoms with van der Waals surface area (Å²) in [4.78, 5) is 12.1. The average Bonchev–Trinajstić information content (AvgIpc) is 3.06. The van der Waals surface area contributed by atoms with Crippen LogP contribution in [-0.4, -0.2) is 12.1 Å². The SMILES string of the molecule is C[C@]12CCCC[C@H]1[C@H]2C(=O)N/N=C/c1ccc(F)cc1. The predicted octanol–water partition coefficient (Wildman–Crippen LogP) is 3.10. The standard InChI is InChI=1S/C16H19FN2O/c1-16-9-3-2-4-13(16)14(16)15(20)19-18-10-11-5-7-12(17)8-6-11/h5-8,10,13-14H,2-4,9H2,1H3,(H,19,20)/b18-10+/t13-,14-,16-/m0/s1. The quantitative estimate of drug-likeness (QED) is 0.668. The van der Waals surface area contributed by atoms with Gasteiger partial charge in [0.2, 0.25) is 5.91 Å². The molecule has 1 aromatic rings. The zero-order valence-electron chi connectivity index (χ0n) is 11.6. The number of rotatable bonds is 3. The van der Waals surface area contributed by atoms with Gasteiger partial charge in [0.15, 0.2) is 0 Å². The van der Waals surface area contributed by atoms with Gasteiger partial charge in [0, 0.05) is 5.92 Å². The van der Waals surface area contributed by atoms with Gasteiger partial charge in [-0.25, -0.2) is 9.82 Å². The van der Waals surface area contributed by atoms with Crippen molar-refractivity contribution in [3.8, 4) is 0 Å². The molecule has 2 aliphatic rings. The Labute approximate surface area is 118 Å². The molecule has 1 amide bonds. The van der Waals surface area contributed by atoms with Crippen LogP contribution in [0.25, 0.3) is 0 Å². The van der Waals surface area contributed by atoms with Gasteiger partial charge in [-0.15, -0.1) is 0 Å². The molecule has 4 heteroatoms. The van der Waals surface area contributed by atoms with Gasteiger partial charge in [-0.2, -0.15) is 5.10 Å². The van der Waals surface area contributed by atoms with Crippen molar-refractivity contribution in [3.05, 3.63) is 35.6 Å². The van der Waals surface area contributed by atoms with Crippen LogP contribution >= 0.6 is 0 Å². The van der Waals surface area contributed by atoms with E-state index in [1.165, 1.54) is 25.0 Å². The number of nitrogens with zero attached hydrogens (tertiary/aromatic N) is 1. The highest BCUT2D eigenvalue weighted by Gasteiger charge is 2.64. The van der Waals surface area contributed by atoms with Crippen molar-refractivity contribution in [2.45, 2.75) is 32.6 Å². The monoisotopic (exact) mass is 274 g/mol. The third-order valence-electron chi connectivity index (χ3n) is 4.87.